The topological polar surface area (TPSA) is 60.4 Å². The van der Waals surface area contributed by atoms with E-state index in [1.807, 2.05) is 11.9 Å². The summed E-state index contributed by atoms with van der Waals surface area (Å²) < 4.78 is 5.54. The van der Waals surface area contributed by atoms with Crippen molar-refractivity contribution in [1.29, 1.82) is 0 Å². The van der Waals surface area contributed by atoms with Gasteiger partial charge in [-0.2, -0.15) is 0 Å². The third kappa shape index (κ3) is 6.19. The first-order valence-corrected chi connectivity index (χ1v) is 10.2. The van der Waals surface area contributed by atoms with Crippen molar-refractivity contribution in [1.82, 2.24) is 20.0 Å². The summed E-state index contributed by atoms with van der Waals surface area (Å²) in [5, 5.41) is 3.51. The molecule has 2 aliphatic heterocycles. The summed E-state index contributed by atoms with van der Waals surface area (Å²) in [7, 11) is 1.84. The molecule has 0 spiro atoms. The highest BCUT2D eigenvalue weighted by molar-refractivity contribution is 14.0. The molecule has 0 aromatic carbocycles. The molecule has 156 valence electrons. The second kappa shape index (κ2) is 10.8. The maximum absolute atomic E-state index is 12.5. The fraction of sp³-hybridized carbons (Fsp3) is 0.895. The van der Waals surface area contributed by atoms with E-state index in [-0.39, 0.29) is 36.0 Å². The van der Waals surface area contributed by atoms with Gasteiger partial charge in [0, 0.05) is 65.0 Å². The highest BCUT2D eigenvalue weighted by Crippen LogP contribution is 2.27. The van der Waals surface area contributed by atoms with Crippen molar-refractivity contribution in [2.24, 2.45) is 4.99 Å². The van der Waals surface area contributed by atoms with E-state index in [1.165, 1.54) is 12.8 Å². The number of carbonyl (C=O) groups is 1. The Morgan fingerprint density at radius 1 is 1.19 bits per heavy atom. The van der Waals surface area contributed by atoms with Crippen LogP contribution in [0, 0.1) is 0 Å². The molecule has 1 unspecified atom stereocenters. The lowest BCUT2D eigenvalue weighted by Gasteiger charge is -2.37. The molecular weight excluding hydrogens is 457 g/mol. The molecule has 3 rings (SSSR count). The predicted molar refractivity (Wildman–Crippen MR) is 119 cm³/mol. The lowest BCUT2D eigenvalue weighted by molar-refractivity contribution is -0.142. The van der Waals surface area contributed by atoms with E-state index < -0.39 is 0 Å². The van der Waals surface area contributed by atoms with Gasteiger partial charge >= 0.3 is 0 Å². The second-order valence-electron chi connectivity index (χ2n) is 7.85. The van der Waals surface area contributed by atoms with E-state index in [9.17, 15) is 4.79 Å². The van der Waals surface area contributed by atoms with Crippen molar-refractivity contribution >= 4 is 35.8 Å². The van der Waals surface area contributed by atoms with Gasteiger partial charge in [-0.1, -0.05) is 0 Å². The van der Waals surface area contributed by atoms with E-state index in [4.69, 9.17) is 4.74 Å². The monoisotopic (exact) mass is 493 g/mol. The molecule has 0 radical (unpaired) electrons. The zero-order chi connectivity index (χ0) is 18.5. The van der Waals surface area contributed by atoms with E-state index in [1.54, 1.807) is 0 Å². The Kier molecular flexibility index (Phi) is 9.07. The molecule has 2 saturated heterocycles. The Balaban J connectivity index is 0.00000261. The lowest BCUT2D eigenvalue weighted by Crippen LogP contribution is -2.55. The normalized spacial score (nSPS) is 23.7. The number of piperazine rings is 1. The number of hydrogen-bond donors (Lipinski definition) is 1. The molecule has 1 aliphatic carbocycles. The van der Waals surface area contributed by atoms with Gasteiger partial charge in [-0.05, 0) is 39.5 Å². The maximum Gasteiger partial charge on any atom is 0.251 e. The summed E-state index contributed by atoms with van der Waals surface area (Å²) in [4.78, 5) is 23.7. The molecule has 0 aromatic rings. The minimum atomic E-state index is -0.205. The van der Waals surface area contributed by atoms with E-state index in [2.05, 4.69) is 34.0 Å². The van der Waals surface area contributed by atoms with Crippen LogP contribution in [0.5, 0.6) is 0 Å². The molecule has 0 bridgehead atoms. The predicted octanol–water partition coefficient (Wildman–Crippen LogP) is 1.38. The minimum Gasteiger partial charge on any atom is -0.368 e. The first-order valence-electron chi connectivity index (χ1n) is 10.2. The Morgan fingerprint density at radius 2 is 1.85 bits per heavy atom. The quantitative estimate of drug-likeness (QED) is 0.344. The van der Waals surface area contributed by atoms with Crippen molar-refractivity contribution in [3.8, 4) is 0 Å². The van der Waals surface area contributed by atoms with Gasteiger partial charge in [0.05, 0.1) is 0 Å². The van der Waals surface area contributed by atoms with Crippen LogP contribution in [-0.2, 0) is 9.53 Å². The Morgan fingerprint density at radius 3 is 2.37 bits per heavy atom. The largest absolute Gasteiger partial charge is 0.368 e. The van der Waals surface area contributed by atoms with E-state index in [0.717, 1.165) is 70.7 Å². The standard InChI is InChI=1S/C19H35N5O2.HI/c1-15(2)24(16-6-7-16)9-8-21-19(20-3)23-12-10-22(11-13-23)18(25)17-5-4-14-26-17;/h15-17H,4-14H2,1-3H3,(H,20,21);1H. The second-order valence-corrected chi connectivity index (χ2v) is 7.85. The molecule has 7 nitrogen and oxygen atoms in total. The summed E-state index contributed by atoms with van der Waals surface area (Å²) in [6, 6.07) is 1.38. The maximum atomic E-state index is 12.5. The zero-order valence-corrected chi connectivity index (χ0v) is 19.4. The smallest absolute Gasteiger partial charge is 0.251 e. The summed E-state index contributed by atoms with van der Waals surface area (Å²) in [6.07, 6.45) is 4.35. The fourth-order valence-corrected chi connectivity index (χ4v) is 4.01. The number of guanidine groups is 1. The molecule has 0 aromatic heterocycles. The summed E-state index contributed by atoms with van der Waals surface area (Å²) in [5.74, 6) is 1.12. The van der Waals surface area contributed by atoms with Gasteiger partial charge in [-0.15, -0.1) is 24.0 Å². The van der Waals surface area contributed by atoms with Crippen molar-refractivity contribution in [3.05, 3.63) is 0 Å². The molecule has 1 atom stereocenters. The number of nitrogens with one attached hydrogen (secondary N) is 1. The van der Waals surface area contributed by atoms with Crippen molar-refractivity contribution in [2.75, 3.05) is 52.9 Å². The van der Waals surface area contributed by atoms with E-state index in [0.29, 0.717) is 6.04 Å². The van der Waals surface area contributed by atoms with Gasteiger partial charge < -0.3 is 19.9 Å². The number of amides is 1. The number of hydrogen-bond acceptors (Lipinski definition) is 4. The van der Waals surface area contributed by atoms with Gasteiger partial charge in [0.25, 0.3) is 5.91 Å². The molecule has 1 saturated carbocycles. The Labute approximate surface area is 180 Å². The van der Waals surface area contributed by atoms with Crippen LogP contribution in [-0.4, -0.2) is 97.7 Å². The average Bonchev–Trinajstić information content (AvgIpc) is 3.33. The highest BCUT2D eigenvalue weighted by atomic mass is 127. The van der Waals surface area contributed by atoms with Gasteiger partial charge in [0.2, 0.25) is 0 Å². The average molecular weight is 493 g/mol. The SMILES string of the molecule is CN=C(NCCN(C(C)C)C1CC1)N1CCN(C(=O)C2CCCO2)CC1.I. The number of halogens is 1. The van der Waals surface area contributed by atoms with Gasteiger partial charge in [0.15, 0.2) is 5.96 Å². The lowest BCUT2D eigenvalue weighted by atomic mass is 10.2. The van der Waals surface area contributed by atoms with Crippen molar-refractivity contribution in [2.45, 2.75) is 57.7 Å². The molecule has 1 N–H and O–H groups in total. The minimum absolute atomic E-state index is 0. The highest BCUT2D eigenvalue weighted by Gasteiger charge is 2.32. The van der Waals surface area contributed by atoms with Crippen LogP contribution in [0.4, 0.5) is 0 Å². The number of nitrogens with zero attached hydrogens (tertiary/aromatic N) is 4. The van der Waals surface area contributed by atoms with Crippen molar-refractivity contribution in [3.63, 3.8) is 0 Å². The zero-order valence-electron chi connectivity index (χ0n) is 17.0. The molecule has 3 fully saturated rings. The van der Waals surface area contributed by atoms with Crippen LogP contribution >= 0.6 is 24.0 Å². The fourth-order valence-electron chi connectivity index (χ4n) is 4.01. The van der Waals surface area contributed by atoms with Gasteiger partial charge in [0.1, 0.15) is 6.10 Å². The van der Waals surface area contributed by atoms with Gasteiger partial charge in [-0.25, -0.2) is 0 Å². The Bertz CT molecular complexity index is 496. The van der Waals surface area contributed by atoms with Crippen LogP contribution in [0.15, 0.2) is 4.99 Å². The van der Waals surface area contributed by atoms with Crippen molar-refractivity contribution < 1.29 is 9.53 Å². The van der Waals surface area contributed by atoms with Crippen LogP contribution in [0.1, 0.15) is 39.5 Å². The van der Waals surface area contributed by atoms with Crippen LogP contribution in [0.25, 0.3) is 0 Å². The number of rotatable bonds is 6. The van der Waals surface area contributed by atoms with Gasteiger partial charge in [-0.3, -0.25) is 14.7 Å². The first kappa shape index (κ1) is 22.7. The molecule has 27 heavy (non-hydrogen) atoms. The van der Waals surface area contributed by atoms with E-state index >= 15 is 0 Å². The number of ether oxygens (including phenoxy) is 1. The summed E-state index contributed by atoms with van der Waals surface area (Å²) in [5.41, 5.74) is 0. The summed E-state index contributed by atoms with van der Waals surface area (Å²) in [6.45, 7) is 10.4. The summed E-state index contributed by atoms with van der Waals surface area (Å²) >= 11 is 0. The molecule has 1 amide bonds. The molecular formula is C19H36IN5O2. The number of aliphatic imine (C=N–C) groups is 1. The van der Waals surface area contributed by atoms with Crippen LogP contribution in [0.2, 0.25) is 0 Å². The van der Waals surface area contributed by atoms with Crippen LogP contribution in [0.3, 0.4) is 0 Å². The molecule has 3 aliphatic rings. The first-order chi connectivity index (χ1) is 12.6. The third-order valence-electron chi connectivity index (χ3n) is 5.64. The molecule has 2 heterocycles. The number of carbonyl (C=O) groups excluding carboxylic acids is 1. The Hall–Kier alpha value is -0.610. The third-order valence-corrected chi connectivity index (χ3v) is 5.64. The molecule has 8 heteroatoms. The van der Waals surface area contributed by atoms with Crippen LogP contribution < -0.4 is 5.32 Å².